The van der Waals surface area contributed by atoms with Crippen LogP contribution in [0.25, 0.3) is 11.3 Å². The topological polar surface area (TPSA) is 51.4 Å². The number of halogens is 3. The molecular formula is C16H11Cl3N2O2S2. The van der Waals surface area contributed by atoms with E-state index in [-0.39, 0.29) is 9.92 Å². The fourth-order valence-corrected chi connectivity index (χ4v) is 4.82. The van der Waals surface area contributed by atoms with Crippen molar-refractivity contribution in [2.75, 3.05) is 0 Å². The summed E-state index contributed by atoms with van der Waals surface area (Å²) in [4.78, 5) is 5.15. The average molecular weight is 434 g/mol. The Hall–Kier alpha value is -1.31. The second-order valence-electron chi connectivity index (χ2n) is 5.11. The van der Waals surface area contributed by atoms with Crippen molar-refractivity contribution < 1.29 is 8.42 Å². The highest BCUT2D eigenvalue weighted by atomic mass is 35.7. The zero-order chi connectivity index (χ0) is 18.2. The van der Waals surface area contributed by atoms with E-state index < -0.39 is 9.05 Å². The van der Waals surface area contributed by atoms with Crippen molar-refractivity contribution in [2.24, 2.45) is 12.0 Å². The molecule has 3 rings (SSSR count). The molecule has 25 heavy (non-hydrogen) atoms. The van der Waals surface area contributed by atoms with Crippen molar-refractivity contribution in [3.63, 3.8) is 0 Å². The molecule has 0 saturated carbocycles. The molecule has 3 aromatic rings. The molecule has 0 spiro atoms. The lowest BCUT2D eigenvalue weighted by atomic mass is 10.2. The fourth-order valence-electron chi connectivity index (χ4n) is 2.23. The number of hydrogen-bond acceptors (Lipinski definition) is 4. The van der Waals surface area contributed by atoms with E-state index in [2.05, 4.69) is 4.99 Å². The average Bonchev–Trinajstić information content (AvgIpc) is 2.90. The molecule has 0 radical (unpaired) electrons. The molecule has 1 aromatic heterocycles. The van der Waals surface area contributed by atoms with Crippen LogP contribution in [0, 0.1) is 0 Å². The van der Waals surface area contributed by atoms with Gasteiger partial charge in [0.2, 0.25) is 0 Å². The van der Waals surface area contributed by atoms with Crippen molar-refractivity contribution in [1.82, 2.24) is 4.57 Å². The van der Waals surface area contributed by atoms with Gasteiger partial charge in [0.15, 0.2) is 4.80 Å². The van der Waals surface area contributed by atoms with Gasteiger partial charge in [-0.25, -0.2) is 13.4 Å². The largest absolute Gasteiger partial charge is 0.320 e. The van der Waals surface area contributed by atoms with Crippen LogP contribution in [0.3, 0.4) is 0 Å². The summed E-state index contributed by atoms with van der Waals surface area (Å²) in [6.45, 7) is 0. The lowest BCUT2D eigenvalue weighted by Gasteiger charge is -2.06. The summed E-state index contributed by atoms with van der Waals surface area (Å²) in [6.07, 6.45) is 0. The van der Waals surface area contributed by atoms with Gasteiger partial charge in [0, 0.05) is 28.7 Å². The Kier molecular flexibility index (Phi) is 5.27. The van der Waals surface area contributed by atoms with Crippen LogP contribution in [0.5, 0.6) is 0 Å². The molecule has 0 unspecified atom stereocenters. The van der Waals surface area contributed by atoms with E-state index in [1.807, 2.05) is 35.2 Å². The van der Waals surface area contributed by atoms with Gasteiger partial charge in [-0.3, -0.25) is 0 Å². The van der Waals surface area contributed by atoms with E-state index >= 15 is 0 Å². The van der Waals surface area contributed by atoms with Crippen molar-refractivity contribution in [3.05, 3.63) is 62.7 Å². The Morgan fingerprint density at radius 1 is 1.08 bits per heavy atom. The predicted octanol–water partition coefficient (Wildman–Crippen LogP) is 5.22. The lowest BCUT2D eigenvalue weighted by molar-refractivity contribution is 0.609. The van der Waals surface area contributed by atoms with E-state index in [0.29, 0.717) is 21.1 Å². The van der Waals surface area contributed by atoms with E-state index in [9.17, 15) is 8.42 Å². The molecule has 1 heterocycles. The summed E-state index contributed by atoms with van der Waals surface area (Å²) >= 11 is 13.5. The first-order valence-electron chi connectivity index (χ1n) is 6.96. The van der Waals surface area contributed by atoms with Crippen molar-refractivity contribution in [2.45, 2.75) is 4.90 Å². The minimum atomic E-state index is -3.93. The third-order valence-corrected chi connectivity index (χ3v) is 6.52. The first kappa shape index (κ1) is 18.5. The highest BCUT2D eigenvalue weighted by molar-refractivity contribution is 8.13. The van der Waals surface area contributed by atoms with Crippen LogP contribution in [-0.2, 0) is 16.1 Å². The van der Waals surface area contributed by atoms with Gasteiger partial charge in [-0.15, -0.1) is 11.3 Å². The van der Waals surface area contributed by atoms with Gasteiger partial charge in [0.25, 0.3) is 9.05 Å². The van der Waals surface area contributed by atoms with Gasteiger partial charge in [-0.1, -0.05) is 41.4 Å². The summed E-state index contributed by atoms with van der Waals surface area (Å²) in [5.74, 6) is 0. The molecule has 0 fully saturated rings. The van der Waals surface area contributed by atoms with Gasteiger partial charge >= 0.3 is 0 Å². The van der Waals surface area contributed by atoms with Crippen molar-refractivity contribution in [3.8, 4) is 11.3 Å². The maximum absolute atomic E-state index is 11.6. The molecule has 0 bridgehead atoms. The first-order valence-corrected chi connectivity index (χ1v) is 10.9. The fraction of sp³-hybridized carbons (Fsp3) is 0.0625. The van der Waals surface area contributed by atoms with Crippen LogP contribution in [0.1, 0.15) is 0 Å². The Morgan fingerprint density at radius 3 is 2.48 bits per heavy atom. The van der Waals surface area contributed by atoms with Crippen LogP contribution in [0.4, 0.5) is 5.69 Å². The van der Waals surface area contributed by atoms with Gasteiger partial charge in [0.05, 0.1) is 21.4 Å². The predicted molar refractivity (Wildman–Crippen MR) is 103 cm³/mol. The summed E-state index contributed by atoms with van der Waals surface area (Å²) in [5.41, 5.74) is 2.12. The molecule has 0 aliphatic heterocycles. The summed E-state index contributed by atoms with van der Waals surface area (Å²) < 4.78 is 25.1. The zero-order valence-electron chi connectivity index (χ0n) is 12.8. The van der Waals surface area contributed by atoms with Crippen LogP contribution in [0.2, 0.25) is 10.0 Å². The van der Waals surface area contributed by atoms with E-state index in [4.69, 9.17) is 33.9 Å². The molecule has 0 aliphatic rings. The zero-order valence-corrected chi connectivity index (χ0v) is 16.7. The molecule has 130 valence electrons. The third kappa shape index (κ3) is 3.93. The standard InChI is InChI=1S/C16H11Cl3N2O2S2/c1-21-14(10-6-7-12(18)15(8-10)25(19,22)23)9-24-16(21)20-13-5-3-2-4-11(13)17/h2-9H,1H3. The molecule has 0 saturated heterocycles. The van der Waals surface area contributed by atoms with Crippen LogP contribution < -0.4 is 4.80 Å². The molecule has 0 amide bonds. The Balaban J connectivity index is 2.13. The Labute approximate surface area is 163 Å². The number of rotatable bonds is 3. The summed E-state index contributed by atoms with van der Waals surface area (Å²) in [7, 11) is 3.35. The number of hydrogen-bond donors (Lipinski definition) is 0. The highest BCUT2D eigenvalue weighted by Gasteiger charge is 2.17. The van der Waals surface area contributed by atoms with Crippen molar-refractivity contribution in [1.29, 1.82) is 0 Å². The highest BCUT2D eigenvalue weighted by Crippen LogP contribution is 2.30. The number of aromatic nitrogens is 1. The Morgan fingerprint density at radius 2 is 1.80 bits per heavy atom. The van der Waals surface area contributed by atoms with Crippen LogP contribution in [-0.4, -0.2) is 13.0 Å². The minimum absolute atomic E-state index is 0.0811. The van der Waals surface area contributed by atoms with E-state index in [1.165, 1.54) is 23.5 Å². The SMILES string of the molecule is Cn1c(-c2ccc(Cl)c(S(=O)(=O)Cl)c2)csc1=Nc1ccccc1Cl. The quantitative estimate of drug-likeness (QED) is 0.532. The minimum Gasteiger partial charge on any atom is -0.320 e. The lowest BCUT2D eigenvalue weighted by Crippen LogP contribution is -2.11. The maximum Gasteiger partial charge on any atom is 0.262 e. The number of para-hydroxylation sites is 1. The monoisotopic (exact) mass is 432 g/mol. The molecule has 2 aromatic carbocycles. The summed E-state index contributed by atoms with van der Waals surface area (Å²) in [6, 6.07) is 12.0. The molecule has 0 atom stereocenters. The number of benzene rings is 2. The van der Waals surface area contributed by atoms with Crippen LogP contribution >= 0.6 is 45.2 Å². The smallest absolute Gasteiger partial charge is 0.262 e. The van der Waals surface area contributed by atoms with E-state index in [1.54, 1.807) is 12.1 Å². The summed E-state index contributed by atoms with van der Waals surface area (Å²) in [5, 5.41) is 2.51. The van der Waals surface area contributed by atoms with Crippen LogP contribution in [0.15, 0.2) is 57.7 Å². The maximum atomic E-state index is 11.6. The molecule has 4 nitrogen and oxygen atoms in total. The first-order chi connectivity index (χ1) is 11.8. The van der Waals surface area contributed by atoms with Gasteiger partial charge < -0.3 is 4.57 Å². The van der Waals surface area contributed by atoms with Gasteiger partial charge in [-0.2, -0.15) is 0 Å². The van der Waals surface area contributed by atoms with Gasteiger partial charge in [0.1, 0.15) is 4.90 Å². The Bertz CT molecular complexity index is 1120. The molecule has 9 heteroatoms. The van der Waals surface area contributed by atoms with Crippen molar-refractivity contribution >= 4 is 60.0 Å². The van der Waals surface area contributed by atoms with E-state index in [0.717, 1.165) is 5.69 Å². The third-order valence-electron chi connectivity index (χ3n) is 3.48. The molecular weight excluding hydrogens is 423 g/mol. The second-order valence-corrected chi connectivity index (χ2v) is 9.29. The molecule has 0 aliphatic carbocycles. The normalized spacial score (nSPS) is 12.6. The van der Waals surface area contributed by atoms with Gasteiger partial charge in [-0.05, 0) is 24.3 Å². The number of thiazole rings is 1. The molecule has 0 N–H and O–H groups in total. The second kappa shape index (κ2) is 7.13. The number of nitrogens with zero attached hydrogens (tertiary/aromatic N) is 2.